The van der Waals surface area contributed by atoms with Crippen molar-refractivity contribution in [2.75, 3.05) is 13.2 Å². The molecule has 1 amide bonds. The molecule has 21 heavy (non-hydrogen) atoms. The Bertz CT molecular complexity index is 485. The van der Waals surface area contributed by atoms with Crippen LogP contribution >= 0.6 is 11.3 Å². The van der Waals surface area contributed by atoms with Gasteiger partial charge in [-0.15, -0.1) is 11.3 Å². The van der Waals surface area contributed by atoms with Crippen molar-refractivity contribution in [3.63, 3.8) is 0 Å². The van der Waals surface area contributed by atoms with Crippen molar-refractivity contribution in [2.45, 2.75) is 44.8 Å². The lowest BCUT2D eigenvalue weighted by atomic mass is 10.1. The van der Waals surface area contributed by atoms with Crippen molar-refractivity contribution in [3.05, 3.63) is 22.4 Å². The fourth-order valence-corrected chi connectivity index (χ4v) is 4.98. The van der Waals surface area contributed by atoms with Gasteiger partial charge in [0.15, 0.2) is 0 Å². The molecule has 0 spiro atoms. The molecule has 0 N–H and O–H groups in total. The van der Waals surface area contributed by atoms with Gasteiger partial charge in [0.1, 0.15) is 0 Å². The lowest BCUT2D eigenvalue weighted by Gasteiger charge is -2.26. The Morgan fingerprint density at radius 2 is 2.14 bits per heavy atom. The van der Waals surface area contributed by atoms with Crippen molar-refractivity contribution in [3.8, 4) is 0 Å². The number of carbonyl (C=O) groups is 1. The van der Waals surface area contributed by atoms with Crippen molar-refractivity contribution in [1.82, 2.24) is 4.90 Å². The normalized spacial score (nSPS) is 33.9. The number of ether oxygens (including phenoxy) is 1. The van der Waals surface area contributed by atoms with Crippen LogP contribution in [0.2, 0.25) is 0 Å². The van der Waals surface area contributed by atoms with Crippen molar-refractivity contribution < 1.29 is 9.53 Å². The van der Waals surface area contributed by atoms with Gasteiger partial charge < -0.3 is 9.64 Å². The van der Waals surface area contributed by atoms with Gasteiger partial charge >= 0.3 is 0 Å². The van der Waals surface area contributed by atoms with Crippen LogP contribution in [-0.2, 0) is 16.1 Å². The smallest absolute Gasteiger partial charge is 0.226 e. The Balaban J connectivity index is 1.44. The topological polar surface area (TPSA) is 29.5 Å². The third-order valence-electron chi connectivity index (χ3n) is 5.38. The van der Waals surface area contributed by atoms with Crippen molar-refractivity contribution in [1.29, 1.82) is 0 Å². The molecule has 3 nitrogen and oxygen atoms in total. The molecule has 1 aromatic rings. The number of amides is 1. The van der Waals surface area contributed by atoms with E-state index in [1.54, 1.807) is 11.3 Å². The highest BCUT2D eigenvalue weighted by Gasteiger charge is 2.57. The number of nitrogens with zero attached hydrogens (tertiary/aromatic N) is 1. The summed E-state index contributed by atoms with van der Waals surface area (Å²) in [5.41, 5.74) is 0. The second-order valence-electron chi connectivity index (χ2n) is 6.72. The van der Waals surface area contributed by atoms with Crippen LogP contribution in [0.5, 0.6) is 0 Å². The molecule has 114 valence electrons. The van der Waals surface area contributed by atoms with Crippen LogP contribution in [0, 0.1) is 17.8 Å². The van der Waals surface area contributed by atoms with Crippen molar-refractivity contribution in [2.24, 2.45) is 17.8 Å². The SMILES string of the molecule is O=C(C1[C@H]2CCC[C@@H]12)N(Cc1cccs1)C[C@H]1CCCO1. The summed E-state index contributed by atoms with van der Waals surface area (Å²) in [5.74, 6) is 2.13. The molecule has 3 aliphatic rings. The predicted octanol–water partition coefficient (Wildman–Crippen LogP) is 3.30. The largest absolute Gasteiger partial charge is 0.376 e. The zero-order chi connectivity index (χ0) is 14.2. The summed E-state index contributed by atoms with van der Waals surface area (Å²) in [6.45, 7) is 2.42. The Labute approximate surface area is 130 Å². The standard InChI is InChI=1S/C17H23NO2S/c19-17(16-14-6-1-7-15(14)16)18(10-12-4-2-8-20-12)11-13-5-3-9-21-13/h3,5,9,12,14-16H,1-2,4,6-8,10-11H2/t12-,14-,15+,16?/m1/s1. The number of rotatable bonds is 5. The Kier molecular flexibility index (Phi) is 3.76. The molecule has 1 aromatic heterocycles. The van der Waals surface area contributed by atoms with Gasteiger partial charge in [0.2, 0.25) is 5.91 Å². The average molecular weight is 305 g/mol. The first-order valence-corrected chi connectivity index (χ1v) is 9.13. The maximum Gasteiger partial charge on any atom is 0.226 e. The van der Waals surface area contributed by atoms with E-state index in [0.29, 0.717) is 23.7 Å². The number of thiophene rings is 1. The molecular weight excluding hydrogens is 282 g/mol. The molecule has 3 fully saturated rings. The minimum absolute atomic E-state index is 0.257. The average Bonchev–Trinajstić information content (AvgIpc) is 3.05. The first-order valence-electron chi connectivity index (χ1n) is 8.25. The van der Waals surface area contributed by atoms with Gasteiger partial charge in [-0.25, -0.2) is 0 Å². The minimum atomic E-state index is 0.257. The third kappa shape index (κ3) is 2.76. The van der Waals surface area contributed by atoms with Crippen LogP contribution in [0.3, 0.4) is 0 Å². The molecule has 1 aliphatic heterocycles. The molecule has 2 aliphatic carbocycles. The highest BCUT2D eigenvalue weighted by molar-refractivity contribution is 7.09. The van der Waals surface area contributed by atoms with E-state index in [-0.39, 0.29) is 6.10 Å². The van der Waals surface area contributed by atoms with E-state index in [1.807, 2.05) is 0 Å². The lowest BCUT2D eigenvalue weighted by Crippen LogP contribution is -2.38. The molecular formula is C17H23NO2S. The molecule has 4 heteroatoms. The van der Waals surface area contributed by atoms with E-state index in [4.69, 9.17) is 4.74 Å². The number of hydrogen-bond acceptors (Lipinski definition) is 3. The predicted molar refractivity (Wildman–Crippen MR) is 83.0 cm³/mol. The van der Waals surface area contributed by atoms with Gasteiger partial charge in [0.05, 0.1) is 12.6 Å². The summed E-state index contributed by atoms with van der Waals surface area (Å²) in [5, 5.41) is 2.09. The highest BCUT2D eigenvalue weighted by atomic mass is 32.1. The summed E-state index contributed by atoms with van der Waals surface area (Å²) < 4.78 is 5.76. The zero-order valence-electron chi connectivity index (χ0n) is 12.4. The highest BCUT2D eigenvalue weighted by Crippen LogP contribution is 2.58. The molecule has 2 saturated carbocycles. The van der Waals surface area contributed by atoms with Crippen LogP contribution in [0.4, 0.5) is 0 Å². The number of fused-ring (bicyclic) bond motifs is 1. The van der Waals surface area contributed by atoms with E-state index in [0.717, 1.165) is 32.5 Å². The van der Waals surface area contributed by atoms with E-state index < -0.39 is 0 Å². The summed E-state index contributed by atoms with van der Waals surface area (Å²) >= 11 is 1.75. The number of carbonyl (C=O) groups excluding carboxylic acids is 1. The molecule has 0 radical (unpaired) electrons. The first-order chi connectivity index (χ1) is 10.3. The van der Waals surface area contributed by atoms with Gasteiger partial charge in [-0.1, -0.05) is 12.5 Å². The Morgan fingerprint density at radius 1 is 1.29 bits per heavy atom. The Morgan fingerprint density at radius 3 is 2.81 bits per heavy atom. The molecule has 4 atom stereocenters. The maximum absolute atomic E-state index is 12.9. The fraction of sp³-hybridized carbons (Fsp3) is 0.706. The van der Waals surface area contributed by atoms with Gasteiger partial charge in [-0.05, 0) is 49.0 Å². The minimum Gasteiger partial charge on any atom is -0.376 e. The molecule has 0 bridgehead atoms. The van der Waals surface area contributed by atoms with Gasteiger partial charge in [-0.2, -0.15) is 0 Å². The van der Waals surface area contributed by atoms with E-state index in [9.17, 15) is 4.79 Å². The van der Waals surface area contributed by atoms with Gasteiger partial charge in [-0.3, -0.25) is 4.79 Å². The lowest BCUT2D eigenvalue weighted by molar-refractivity contribution is -0.135. The van der Waals surface area contributed by atoms with Gasteiger partial charge in [0, 0.05) is 23.9 Å². The second kappa shape index (κ2) is 5.73. The summed E-state index contributed by atoms with van der Waals surface area (Å²) in [7, 11) is 0. The van der Waals surface area contributed by atoms with Crippen LogP contribution in [-0.4, -0.2) is 30.1 Å². The van der Waals surface area contributed by atoms with Crippen molar-refractivity contribution >= 4 is 17.2 Å². The Hall–Kier alpha value is -0.870. The van der Waals surface area contributed by atoms with Crippen LogP contribution in [0.1, 0.15) is 37.0 Å². The molecule has 1 unspecified atom stereocenters. The molecule has 2 heterocycles. The first kappa shape index (κ1) is 13.8. The summed E-state index contributed by atoms with van der Waals surface area (Å²) in [6, 6.07) is 4.20. The van der Waals surface area contributed by atoms with E-state index in [2.05, 4.69) is 22.4 Å². The summed E-state index contributed by atoms with van der Waals surface area (Å²) in [6.07, 6.45) is 6.37. The monoisotopic (exact) mass is 305 g/mol. The number of hydrogen-bond donors (Lipinski definition) is 0. The van der Waals surface area contributed by atoms with E-state index in [1.165, 1.54) is 24.1 Å². The van der Waals surface area contributed by atoms with Crippen LogP contribution in [0.15, 0.2) is 17.5 Å². The third-order valence-corrected chi connectivity index (χ3v) is 6.24. The van der Waals surface area contributed by atoms with Crippen LogP contribution < -0.4 is 0 Å². The zero-order valence-corrected chi connectivity index (χ0v) is 13.2. The molecule has 1 saturated heterocycles. The maximum atomic E-state index is 12.9. The quantitative estimate of drug-likeness (QED) is 0.835. The second-order valence-corrected chi connectivity index (χ2v) is 7.75. The van der Waals surface area contributed by atoms with Gasteiger partial charge in [0.25, 0.3) is 0 Å². The van der Waals surface area contributed by atoms with E-state index >= 15 is 0 Å². The molecule has 4 rings (SSSR count). The van der Waals surface area contributed by atoms with Crippen LogP contribution in [0.25, 0.3) is 0 Å². The summed E-state index contributed by atoms with van der Waals surface area (Å²) in [4.78, 5) is 16.3. The molecule has 0 aromatic carbocycles. The fourth-order valence-electron chi connectivity index (χ4n) is 4.26.